The molecular formula is C45H34N4O. The quantitative estimate of drug-likeness (QED) is 0.181. The number of fused-ring (bicyclic) bond motifs is 3. The van der Waals surface area contributed by atoms with Crippen LogP contribution in [0.2, 0.25) is 0 Å². The molecule has 9 rings (SSSR count). The zero-order valence-electron chi connectivity index (χ0n) is 27.3. The van der Waals surface area contributed by atoms with E-state index in [1.165, 1.54) is 0 Å². The molecule has 8 aromatic rings. The first-order chi connectivity index (χ1) is 24.8. The molecule has 240 valence electrons. The summed E-state index contributed by atoms with van der Waals surface area (Å²) in [5, 5.41) is 9.56. The summed E-state index contributed by atoms with van der Waals surface area (Å²) < 4.78 is 6.71. The summed E-state index contributed by atoms with van der Waals surface area (Å²) in [7, 11) is 0. The molecule has 0 radical (unpaired) electrons. The average molecular weight is 647 g/mol. The van der Waals surface area contributed by atoms with E-state index in [1.807, 2.05) is 24.3 Å². The Morgan fingerprint density at radius 2 is 1.04 bits per heavy atom. The average Bonchev–Trinajstić information content (AvgIpc) is 3.59. The molecule has 1 aliphatic heterocycles. The molecule has 50 heavy (non-hydrogen) atoms. The second-order valence-electron chi connectivity index (χ2n) is 12.5. The molecule has 1 aromatic heterocycles. The first kappa shape index (κ1) is 29.7. The van der Waals surface area contributed by atoms with E-state index in [2.05, 4.69) is 173 Å². The molecule has 0 bridgehead atoms. The van der Waals surface area contributed by atoms with Crippen LogP contribution in [-0.4, -0.2) is 5.84 Å². The van der Waals surface area contributed by atoms with E-state index in [4.69, 9.17) is 9.41 Å². The highest BCUT2D eigenvalue weighted by Gasteiger charge is 2.28. The number of nitrogens with one attached hydrogen (secondary N) is 2. The van der Waals surface area contributed by atoms with Gasteiger partial charge in [0.15, 0.2) is 0 Å². The molecule has 2 unspecified atom stereocenters. The number of furan rings is 1. The van der Waals surface area contributed by atoms with Crippen molar-refractivity contribution in [3.63, 3.8) is 0 Å². The van der Waals surface area contributed by atoms with Gasteiger partial charge in [0, 0.05) is 27.8 Å². The Morgan fingerprint density at radius 1 is 0.500 bits per heavy atom. The number of aliphatic imine (C=N–C) groups is 1. The van der Waals surface area contributed by atoms with Crippen LogP contribution in [0.1, 0.15) is 29.0 Å². The second kappa shape index (κ2) is 12.9. The van der Waals surface area contributed by atoms with Gasteiger partial charge in [-0.3, -0.25) is 5.32 Å². The summed E-state index contributed by atoms with van der Waals surface area (Å²) >= 11 is 0. The highest BCUT2D eigenvalue weighted by Crippen LogP contribution is 2.41. The van der Waals surface area contributed by atoms with E-state index in [-0.39, 0.29) is 12.3 Å². The number of hydrogen-bond acceptors (Lipinski definition) is 5. The van der Waals surface area contributed by atoms with Crippen LogP contribution in [0.3, 0.4) is 0 Å². The SMILES string of the molecule is c1ccc(C2N=C(c3ccc(-c4ccc(N(c5ccccc5)c5ccccc5)cc4)c4c3oc3ccccc34)NC(c3ccccc3)N2)cc1. The summed E-state index contributed by atoms with van der Waals surface area (Å²) in [6.07, 6.45) is -0.376. The Kier molecular flexibility index (Phi) is 7.65. The Hall–Kier alpha value is -6.43. The van der Waals surface area contributed by atoms with Gasteiger partial charge < -0.3 is 14.6 Å². The third kappa shape index (κ3) is 5.50. The fourth-order valence-electron chi connectivity index (χ4n) is 6.96. The molecule has 7 aromatic carbocycles. The molecule has 0 fully saturated rings. The Labute approximate surface area is 291 Å². The largest absolute Gasteiger partial charge is 0.455 e. The number of nitrogens with zero attached hydrogens (tertiary/aromatic N) is 2. The van der Waals surface area contributed by atoms with Crippen LogP contribution in [0.15, 0.2) is 191 Å². The van der Waals surface area contributed by atoms with Crippen molar-refractivity contribution in [2.24, 2.45) is 4.99 Å². The predicted molar refractivity (Wildman–Crippen MR) is 205 cm³/mol. The van der Waals surface area contributed by atoms with Crippen LogP contribution in [0.5, 0.6) is 0 Å². The van der Waals surface area contributed by atoms with Crippen LogP contribution >= 0.6 is 0 Å². The highest BCUT2D eigenvalue weighted by molar-refractivity contribution is 6.19. The third-order valence-corrected chi connectivity index (χ3v) is 9.36. The van der Waals surface area contributed by atoms with Gasteiger partial charge in [0.05, 0.1) is 5.56 Å². The predicted octanol–water partition coefficient (Wildman–Crippen LogP) is 11.1. The van der Waals surface area contributed by atoms with Gasteiger partial charge >= 0.3 is 0 Å². The number of amidine groups is 1. The molecule has 1 aliphatic rings. The first-order valence-electron chi connectivity index (χ1n) is 17.0. The topological polar surface area (TPSA) is 52.8 Å². The number of rotatable bonds is 7. The Balaban J connectivity index is 1.16. The summed E-state index contributed by atoms with van der Waals surface area (Å²) in [6.45, 7) is 0. The van der Waals surface area contributed by atoms with Gasteiger partial charge in [-0.15, -0.1) is 0 Å². The summed E-state index contributed by atoms with van der Waals surface area (Å²) in [5.74, 6) is 0.791. The van der Waals surface area contributed by atoms with E-state index < -0.39 is 0 Å². The number of para-hydroxylation sites is 3. The summed E-state index contributed by atoms with van der Waals surface area (Å²) in [4.78, 5) is 7.52. The molecule has 0 saturated heterocycles. The monoisotopic (exact) mass is 646 g/mol. The van der Waals surface area contributed by atoms with Crippen LogP contribution in [0.4, 0.5) is 17.1 Å². The smallest absolute Gasteiger partial charge is 0.146 e. The standard InChI is InChI=1S/C45H34N4O/c1-5-15-32(16-6-1)43-46-44(33-17-7-2-8-18-33)48-45(47-43)39-30-29-37(41-38-23-13-14-24-40(38)50-42(39)41)31-25-27-36(28-26-31)49(34-19-9-3-10-20-34)35-21-11-4-12-22-35/h1-30,43-44,46H,(H,47,48). The van der Waals surface area contributed by atoms with Gasteiger partial charge in [0.1, 0.15) is 29.3 Å². The van der Waals surface area contributed by atoms with Crippen molar-refractivity contribution in [1.82, 2.24) is 10.6 Å². The molecular weight excluding hydrogens is 613 g/mol. The minimum absolute atomic E-state index is 0.141. The van der Waals surface area contributed by atoms with E-state index in [0.717, 1.165) is 72.7 Å². The summed E-state index contributed by atoms with van der Waals surface area (Å²) in [5.41, 5.74) is 10.4. The van der Waals surface area contributed by atoms with Gasteiger partial charge in [-0.2, -0.15) is 0 Å². The fourth-order valence-corrected chi connectivity index (χ4v) is 6.96. The number of hydrogen-bond donors (Lipinski definition) is 2. The lowest BCUT2D eigenvalue weighted by Crippen LogP contribution is -2.45. The minimum Gasteiger partial charge on any atom is -0.455 e. The van der Waals surface area contributed by atoms with E-state index in [0.29, 0.717) is 0 Å². The molecule has 0 saturated carbocycles. The number of anilines is 3. The minimum atomic E-state index is -0.235. The van der Waals surface area contributed by atoms with E-state index in [9.17, 15) is 0 Å². The zero-order chi connectivity index (χ0) is 33.3. The van der Waals surface area contributed by atoms with E-state index in [1.54, 1.807) is 0 Å². The zero-order valence-corrected chi connectivity index (χ0v) is 27.3. The Morgan fingerprint density at radius 3 is 1.70 bits per heavy atom. The van der Waals surface area contributed by atoms with Crippen molar-refractivity contribution in [3.05, 3.63) is 199 Å². The molecule has 5 heteroatoms. The molecule has 2 heterocycles. The Bertz CT molecular complexity index is 2380. The second-order valence-corrected chi connectivity index (χ2v) is 12.5. The van der Waals surface area contributed by atoms with Crippen LogP contribution in [0.25, 0.3) is 33.1 Å². The molecule has 0 aliphatic carbocycles. The molecule has 0 spiro atoms. The number of benzene rings is 7. The van der Waals surface area contributed by atoms with Crippen molar-refractivity contribution in [2.45, 2.75) is 12.3 Å². The van der Waals surface area contributed by atoms with Crippen LogP contribution in [0, 0.1) is 0 Å². The van der Waals surface area contributed by atoms with Crippen molar-refractivity contribution < 1.29 is 4.42 Å². The van der Waals surface area contributed by atoms with Gasteiger partial charge in [0.2, 0.25) is 0 Å². The van der Waals surface area contributed by atoms with Crippen LogP contribution < -0.4 is 15.5 Å². The van der Waals surface area contributed by atoms with Gasteiger partial charge in [0.25, 0.3) is 0 Å². The lowest BCUT2D eigenvalue weighted by Gasteiger charge is -2.32. The first-order valence-corrected chi connectivity index (χ1v) is 17.0. The lowest BCUT2D eigenvalue weighted by molar-refractivity contribution is 0.409. The highest BCUT2D eigenvalue weighted by atomic mass is 16.3. The molecule has 2 N–H and O–H groups in total. The summed E-state index contributed by atoms with van der Waals surface area (Å²) in [6, 6.07) is 63.3. The third-order valence-electron chi connectivity index (χ3n) is 9.36. The van der Waals surface area contributed by atoms with Gasteiger partial charge in [-0.25, -0.2) is 4.99 Å². The normalized spacial score (nSPS) is 15.8. The fraction of sp³-hybridized carbons (Fsp3) is 0.0444. The van der Waals surface area contributed by atoms with E-state index >= 15 is 0 Å². The molecule has 5 nitrogen and oxygen atoms in total. The van der Waals surface area contributed by atoms with Crippen molar-refractivity contribution in [3.8, 4) is 11.1 Å². The maximum absolute atomic E-state index is 6.71. The van der Waals surface area contributed by atoms with Gasteiger partial charge in [-0.1, -0.05) is 133 Å². The van der Waals surface area contributed by atoms with Crippen LogP contribution in [-0.2, 0) is 0 Å². The van der Waals surface area contributed by atoms with Gasteiger partial charge in [-0.05, 0) is 70.8 Å². The maximum Gasteiger partial charge on any atom is 0.146 e. The molecule has 0 amide bonds. The van der Waals surface area contributed by atoms with Crippen molar-refractivity contribution in [2.75, 3.05) is 4.90 Å². The maximum atomic E-state index is 6.71. The van der Waals surface area contributed by atoms with Crippen molar-refractivity contribution in [1.29, 1.82) is 0 Å². The molecule has 2 atom stereocenters. The van der Waals surface area contributed by atoms with Crippen molar-refractivity contribution >= 4 is 44.8 Å². The lowest BCUT2D eigenvalue weighted by atomic mass is 9.96.